The Morgan fingerprint density at radius 1 is 1.15 bits per heavy atom. The fourth-order valence-electron chi connectivity index (χ4n) is 3.68. The summed E-state index contributed by atoms with van der Waals surface area (Å²) in [7, 11) is 0. The molecule has 1 aromatic rings. The number of carbonyl (C=O) groups excluding carboxylic acids is 2. The van der Waals surface area contributed by atoms with E-state index in [4.69, 9.17) is 0 Å². The molecule has 4 heteroatoms. The van der Waals surface area contributed by atoms with Crippen LogP contribution in [0.1, 0.15) is 65.2 Å². The number of para-hydroxylation sites is 1. The maximum absolute atomic E-state index is 12.8. The van der Waals surface area contributed by atoms with E-state index in [0.29, 0.717) is 31.8 Å². The zero-order valence-corrected chi connectivity index (χ0v) is 16.4. The lowest BCUT2D eigenvalue weighted by atomic mass is 10.0. The van der Waals surface area contributed by atoms with Crippen LogP contribution in [0, 0.1) is 11.8 Å². The Morgan fingerprint density at radius 2 is 1.85 bits per heavy atom. The molecular formula is C22H34N2O2. The Morgan fingerprint density at radius 3 is 2.50 bits per heavy atom. The Kier molecular flexibility index (Phi) is 8.66. The Balaban J connectivity index is 1.83. The van der Waals surface area contributed by atoms with Crippen molar-refractivity contribution in [2.45, 2.75) is 65.2 Å². The minimum atomic E-state index is 0.0961. The summed E-state index contributed by atoms with van der Waals surface area (Å²) in [5.74, 6) is 1.40. The first-order chi connectivity index (χ1) is 12.6. The molecule has 1 aromatic carbocycles. The third-order valence-corrected chi connectivity index (χ3v) is 5.08. The van der Waals surface area contributed by atoms with E-state index in [2.05, 4.69) is 5.32 Å². The predicted molar refractivity (Wildman–Crippen MR) is 107 cm³/mol. The van der Waals surface area contributed by atoms with Crippen LogP contribution in [0.3, 0.4) is 0 Å². The van der Waals surface area contributed by atoms with E-state index < -0.39 is 0 Å². The minimum absolute atomic E-state index is 0.0961. The van der Waals surface area contributed by atoms with Crippen molar-refractivity contribution in [3.05, 3.63) is 30.3 Å². The van der Waals surface area contributed by atoms with E-state index in [1.165, 1.54) is 25.7 Å². The number of amides is 2. The lowest BCUT2D eigenvalue weighted by Crippen LogP contribution is -2.34. The van der Waals surface area contributed by atoms with E-state index in [9.17, 15) is 9.59 Å². The summed E-state index contributed by atoms with van der Waals surface area (Å²) in [6.07, 6.45) is 8.15. The molecule has 1 fully saturated rings. The molecule has 1 aliphatic carbocycles. The fourth-order valence-corrected chi connectivity index (χ4v) is 3.68. The van der Waals surface area contributed by atoms with Gasteiger partial charge in [0, 0.05) is 31.6 Å². The molecule has 1 saturated carbocycles. The maximum atomic E-state index is 12.8. The van der Waals surface area contributed by atoms with Gasteiger partial charge in [-0.2, -0.15) is 0 Å². The zero-order chi connectivity index (χ0) is 18.8. The van der Waals surface area contributed by atoms with Gasteiger partial charge in [-0.3, -0.25) is 9.59 Å². The lowest BCUT2D eigenvalue weighted by Gasteiger charge is -2.24. The molecule has 0 aliphatic heterocycles. The summed E-state index contributed by atoms with van der Waals surface area (Å²) in [6, 6.07) is 9.89. The molecule has 1 N–H and O–H groups in total. The molecule has 144 valence electrons. The number of hydrogen-bond acceptors (Lipinski definition) is 2. The molecule has 4 nitrogen and oxygen atoms in total. The minimum Gasteiger partial charge on any atom is -0.356 e. The van der Waals surface area contributed by atoms with Crippen LogP contribution in [0.25, 0.3) is 0 Å². The smallest absolute Gasteiger partial charge is 0.226 e. The molecule has 0 spiro atoms. The highest BCUT2D eigenvalue weighted by Crippen LogP contribution is 2.29. The second-order valence-electron chi connectivity index (χ2n) is 7.87. The summed E-state index contributed by atoms with van der Waals surface area (Å²) in [5.41, 5.74) is 0.956. The van der Waals surface area contributed by atoms with Gasteiger partial charge in [0.1, 0.15) is 0 Å². The third-order valence-electron chi connectivity index (χ3n) is 5.08. The second-order valence-corrected chi connectivity index (χ2v) is 7.87. The van der Waals surface area contributed by atoms with Gasteiger partial charge in [-0.1, -0.05) is 57.7 Å². The van der Waals surface area contributed by atoms with Crippen LogP contribution in [-0.2, 0) is 9.59 Å². The van der Waals surface area contributed by atoms with Crippen molar-refractivity contribution in [1.29, 1.82) is 0 Å². The highest BCUT2D eigenvalue weighted by molar-refractivity contribution is 5.93. The Bertz CT molecular complexity index is 551. The van der Waals surface area contributed by atoms with Crippen LogP contribution in [0.4, 0.5) is 5.69 Å². The first-order valence-corrected chi connectivity index (χ1v) is 10.2. The average molecular weight is 359 g/mol. The molecule has 1 aliphatic rings. The van der Waals surface area contributed by atoms with Gasteiger partial charge in [0.05, 0.1) is 0 Å². The van der Waals surface area contributed by atoms with Gasteiger partial charge in [-0.25, -0.2) is 0 Å². The largest absolute Gasteiger partial charge is 0.356 e. The van der Waals surface area contributed by atoms with Crippen LogP contribution in [-0.4, -0.2) is 24.9 Å². The molecule has 2 rings (SSSR count). The van der Waals surface area contributed by atoms with E-state index >= 15 is 0 Å². The predicted octanol–water partition coefficient (Wildman–Crippen LogP) is 4.54. The molecule has 0 bridgehead atoms. The van der Waals surface area contributed by atoms with E-state index in [0.717, 1.165) is 24.4 Å². The molecule has 26 heavy (non-hydrogen) atoms. The van der Waals surface area contributed by atoms with E-state index in [1.54, 1.807) is 0 Å². The SMILES string of the molecule is CC(C)CC(=O)NCCCN(C(=O)CCC1CCCC1)c1ccccc1. The van der Waals surface area contributed by atoms with Gasteiger partial charge >= 0.3 is 0 Å². The lowest BCUT2D eigenvalue weighted by molar-refractivity contribution is -0.121. The third kappa shape index (κ3) is 7.19. The standard InChI is InChI=1S/C22H34N2O2/c1-18(2)17-21(25)23-15-8-16-24(20-11-4-3-5-12-20)22(26)14-13-19-9-6-7-10-19/h3-5,11-12,18-19H,6-10,13-17H2,1-2H3,(H,23,25). The van der Waals surface area contributed by atoms with Crippen LogP contribution in [0.5, 0.6) is 0 Å². The van der Waals surface area contributed by atoms with Crippen molar-refractivity contribution in [2.75, 3.05) is 18.0 Å². The number of benzene rings is 1. The summed E-state index contributed by atoms with van der Waals surface area (Å²) in [5, 5.41) is 2.96. The molecular weight excluding hydrogens is 324 g/mol. The fraction of sp³-hybridized carbons (Fsp3) is 0.636. The first-order valence-electron chi connectivity index (χ1n) is 10.2. The van der Waals surface area contributed by atoms with Crippen LogP contribution in [0.15, 0.2) is 30.3 Å². The number of carbonyl (C=O) groups is 2. The highest BCUT2D eigenvalue weighted by Gasteiger charge is 2.20. The number of rotatable bonds is 10. The number of nitrogens with zero attached hydrogens (tertiary/aromatic N) is 1. The van der Waals surface area contributed by atoms with E-state index in [-0.39, 0.29) is 11.8 Å². The van der Waals surface area contributed by atoms with Gasteiger partial charge in [-0.05, 0) is 36.8 Å². The highest BCUT2D eigenvalue weighted by atomic mass is 16.2. The van der Waals surface area contributed by atoms with Gasteiger partial charge < -0.3 is 10.2 Å². The summed E-state index contributed by atoms with van der Waals surface area (Å²) in [4.78, 5) is 26.5. The van der Waals surface area contributed by atoms with Crippen LogP contribution >= 0.6 is 0 Å². The van der Waals surface area contributed by atoms with Gasteiger partial charge in [-0.15, -0.1) is 0 Å². The first kappa shape index (κ1) is 20.5. The quantitative estimate of drug-likeness (QED) is 0.624. The topological polar surface area (TPSA) is 49.4 Å². The Labute approximate surface area is 158 Å². The monoisotopic (exact) mass is 358 g/mol. The van der Waals surface area contributed by atoms with Gasteiger partial charge in [0.2, 0.25) is 11.8 Å². The number of nitrogens with one attached hydrogen (secondary N) is 1. The molecule has 0 aromatic heterocycles. The van der Waals surface area contributed by atoms with E-state index in [1.807, 2.05) is 49.1 Å². The average Bonchev–Trinajstić information content (AvgIpc) is 3.13. The van der Waals surface area contributed by atoms with Crippen molar-refractivity contribution in [3.8, 4) is 0 Å². The van der Waals surface area contributed by atoms with Crippen LogP contribution < -0.4 is 10.2 Å². The van der Waals surface area contributed by atoms with Crippen molar-refractivity contribution >= 4 is 17.5 Å². The Hall–Kier alpha value is -1.84. The van der Waals surface area contributed by atoms with Crippen molar-refractivity contribution in [1.82, 2.24) is 5.32 Å². The molecule has 2 amide bonds. The van der Waals surface area contributed by atoms with Gasteiger partial charge in [0.15, 0.2) is 0 Å². The molecule has 0 atom stereocenters. The number of anilines is 1. The van der Waals surface area contributed by atoms with Crippen molar-refractivity contribution in [2.24, 2.45) is 11.8 Å². The molecule has 0 heterocycles. The van der Waals surface area contributed by atoms with Crippen molar-refractivity contribution < 1.29 is 9.59 Å². The molecule has 0 radical (unpaired) electrons. The number of hydrogen-bond donors (Lipinski definition) is 1. The summed E-state index contributed by atoms with van der Waals surface area (Å²) >= 11 is 0. The summed E-state index contributed by atoms with van der Waals surface area (Å²) < 4.78 is 0. The van der Waals surface area contributed by atoms with Gasteiger partial charge in [0.25, 0.3) is 0 Å². The van der Waals surface area contributed by atoms with Crippen molar-refractivity contribution in [3.63, 3.8) is 0 Å². The van der Waals surface area contributed by atoms with Crippen LogP contribution in [0.2, 0.25) is 0 Å². The normalized spacial score (nSPS) is 14.6. The zero-order valence-electron chi connectivity index (χ0n) is 16.4. The second kappa shape index (κ2) is 11.0. The molecule has 0 saturated heterocycles. The molecule has 0 unspecified atom stereocenters. The maximum Gasteiger partial charge on any atom is 0.226 e. The summed E-state index contributed by atoms with van der Waals surface area (Å²) in [6.45, 7) is 5.35.